The minimum absolute atomic E-state index is 0.0979. The number of anilines is 1. The van der Waals surface area contributed by atoms with Crippen LogP contribution in [-0.4, -0.2) is 50.5 Å². The van der Waals surface area contributed by atoms with Crippen molar-refractivity contribution in [1.82, 2.24) is 10.2 Å². The average molecular weight is 514 g/mol. The first-order chi connectivity index (χ1) is 15.5. The quantitative estimate of drug-likeness (QED) is 0.458. The highest BCUT2D eigenvalue weighted by molar-refractivity contribution is 7.92. The number of benzene rings is 2. The summed E-state index contributed by atoms with van der Waals surface area (Å²) in [5.74, 6) is -0.836. The standard InChI is InChI=1S/C23H29Cl2N3O4S/c1-4-5-13-26-23(30)17(2)27(15-18-9-7-6-8-10-18)22(29)16-28(33(3,31)32)21-12-11-19(24)14-20(21)25/h6-12,14,17H,4-5,13,15-16H2,1-3H3,(H,26,30). The molecule has 180 valence electrons. The van der Waals surface area contributed by atoms with Crippen LogP contribution in [-0.2, 0) is 26.2 Å². The minimum Gasteiger partial charge on any atom is -0.354 e. The molecule has 2 aromatic carbocycles. The van der Waals surface area contributed by atoms with E-state index < -0.39 is 28.5 Å². The number of halogens is 2. The van der Waals surface area contributed by atoms with E-state index >= 15 is 0 Å². The van der Waals surface area contributed by atoms with Crippen LogP contribution in [0.4, 0.5) is 5.69 Å². The van der Waals surface area contributed by atoms with E-state index in [1.165, 1.54) is 23.1 Å². The second-order valence-corrected chi connectivity index (χ2v) is 10.4. The zero-order valence-corrected chi connectivity index (χ0v) is 21.3. The van der Waals surface area contributed by atoms with Gasteiger partial charge in [-0.1, -0.05) is 66.9 Å². The predicted molar refractivity (Wildman–Crippen MR) is 133 cm³/mol. The molecule has 0 aliphatic carbocycles. The number of carbonyl (C=O) groups is 2. The van der Waals surface area contributed by atoms with Crippen molar-refractivity contribution in [2.45, 2.75) is 39.3 Å². The smallest absolute Gasteiger partial charge is 0.244 e. The van der Waals surface area contributed by atoms with E-state index in [0.29, 0.717) is 11.6 Å². The summed E-state index contributed by atoms with van der Waals surface area (Å²) >= 11 is 12.2. The van der Waals surface area contributed by atoms with Crippen LogP contribution in [0.25, 0.3) is 0 Å². The Hall–Kier alpha value is -2.29. The number of amides is 2. The summed E-state index contributed by atoms with van der Waals surface area (Å²) in [7, 11) is -3.86. The molecule has 0 saturated heterocycles. The van der Waals surface area contributed by atoms with Gasteiger partial charge in [0.1, 0.15) is 12.6 Å². The second-order valence-electron chi connectivity index (χ2n) is 7.69. The fourth-order valence-electron chi connectivity index (χ4n) is 3.18. The number of nitrogens with one attached hydrogen (secondary N) is 1. The molecule has 0 aliphatic heterocycles. The van der Waals surface area contributed by atoms with Crippen molar-refractivity contribution in [2.24, 2.45) is 0 Å². The van der Waals surface area contributed by atoms with Gasteiger partial charge in [-0.25, -0.2) is 8.42 Å². The maximum Gasteiger partial charge on any atom is 0.244 e. The number of nitrogens with zero attached hydrogens (tertiary/aromatic N) is 2. The van der Waals surface area contributed by atoms with E-state index in [1.54, 1.807) is 6.92 Å². The molecule has 0 heterocycles. The molecule has 1 N–H and O–H groups in total. The molecular formula is C23H29Cl2N3O4S. The molecule has 1 atom stereocenters. The van der Waals surface area contributed by atoms with E-state index in [-0.39, 0.29) is 23.2 Å². The molecule has 0 aromatic heterocycles. The number of unbranched alkanes of at least 4 members (excludes halogenated alkanes) is 1. The summed E-state index contributed by atoms with van der Waals surface area (Å²) in [6.45, 7) is 3.78. The maximum atomic E-state index is 13.4. The molecule has 0 fully saturated rings. The monoisotopic (exact) mass is 513 g/mol. The topological polar surface area (TPSA) is 86.8 Å². The van der Waals surface area contributed by atoms with E-state index in [0.717, 1.165) is 29.0 Å². The fraction of sp³-hybridized carbons (Fsp3) is 0.391. The summed E-state index contributed by atoms with van der Waals surface area (Å²) in [6, 6.07) is 12.7. The van der Waals surface area contributed by atoms with Crippen LogP contribution >= 0.6 is 23.2 Å². The molecular weight excluding hydrogens is 485 g/mol. The number of hydrogen-bond acceptors (Lipinski definition) is 4. The zero-order valence-electron chi connectivity index (χ0n) is 18.9. The number of rotatable bonds is 11. The first kappa shape index (κ1) is 27.0. The van der Waals surface area contributed by atoms with Crippen molar-refractivity contribution in [3.05, 3.63) is 64.1 Å². The van der Waals surface area contributed by atoms with Gasteiger partial charge in [-0.15, -0.1) is 0 Å². The van der Waals surface area contributed by atoms with Crippen molar-refractivity contribution >= 4 is 50.7 Å². The lowest BCUT2D eigenvalue weighted by molar-refractivity contribution is -0.139. The Labute approximate surface area is 205 Å². The molecule has 0 aliphatic rings. The highest BCUT2D eigenvalue weighted by Crippen LogP contribution is 2.30. The lowest BCUT2D eigenvalue weighted by Crippen LogP contribution is -2.51. The van der Waals surface area contributed by atoms with Gasteiger partial charge in [-0.3, -0.25) is 13.9 Å². The maximum absolute atomic E-state index is 13.4. The Morgan fingerprint density at radius 3 is 2.33 bits per heavy atom. The van der Waals surface area contributed by atoms with Crippen LogP contribution in [0.2, 0.25) is 10.0 Å². The largest absolute Gasteiger partial charge is 0.354 e. The molecule has 2 amide bonds. The normalized spacial score (nSPS) is 12.2. The number of sulfonamides is 1. The van der Waals surface area contributed by atoms with Crippen LogP contribution in [0.1, 0.15) is 32.3 Å². The summed E-state index contributed by atoms with van der Waals surface area (Å²) in [4.78, 5) is 27.5. The van der Waals surface area contributed by atoms with Gasteiger partial charge >= 0.3 is 0 Å². The van der Waals surface area contributed by atoms with Crippen molar-refractivity contribution < 1.29 is 18.0 Å². The van der Waals surface area contributed by atoms with Crippen molar-refractivity contribution in [3.8, 4) is 0 Å². The van der Waals surface area contributed by atoms with Crippen molar-refractivity contribution in [2.75, 3.05) is 23.7 Å². The fourth-order valence-corrected chi connectivity index (χ4v) is 4.60. The van der Waals surface area contributed by atoms with Gasteiger partial charge in [-0.05, 0) is 37.1 Å². The Kier molecular flexibility index (Phi) is 10.0. The van der Waals surface area contributed by atoms with Crippen LogP contribution in [0.5, 0.6) is 0 Å². The minimum atomic E-state index is -3.86. The van der Waals surface area contributed by atoms with Gasteiger partial charge in [0.05, 0.1) is 17.0 Å². The molecule has 7 nitrogen and oxygen atoms in total. The Bertz CT molecular complexity index is 1060. The first-order valence-electron chi connectivity index (χ1n) is 10.6. The van der Waals surface area contributed by atoms with Crippen LogP contribution in [0.15, 0.2) is 48.5 Å². The third kappa shape index (κ3) is 7.91. The van der Waals surface area contributed by atoms with Gasteiger partial charge in [-0.2, -0.15) is 0 Å². The first-order valence-corrected chi connectivity index (χ1v) is 13.2. The van der Waals surface area contributed by atoms with Crippen LogP contribution in [0.3, 0.4) is 0 Å². The summed E-state index contributed by atoms with van der Waals surface area (Å²) in [5, 5.41) is 3.27. The molecule has 0 bridgehead atoms. The molecule has 2 rings (SSSR count). The van der Waals surface area contributed by atoms with Gasteiger partial charge < -0.3 is 10.2 Å². The molecule has 0 saturated carbocycles. The average Bonchev–Trinajstić information content (AvgIpc) is 2.75. The lowest BCUT2D eigenvalue weighted by atomic mass is 10.1. The van der Waals surface area contributed by atoms with E-state index in [1.807, 2.05) is 37.3 Å². The van der Waals surface area contributed by atoms with Crippen LogP contribution in [0, 0.1) is 0 Å². The van der Waals surface area contributed by atoms with Gasteiger partial charge in [0.15, 0.2) is 0 Å². The zero-order chi connectivity index (χ0) is 24.6. The predicted octanol–water partition coefficient (Wildman–Crippen LogP) is 4.09. The summed E-state index contributed by atoms with van der Waals surface area (Å²) in [5.41, 5.74) is 0.950. The van der Waals surface area contributed by atoms with Gasteiger partial charge in [0.25, 0.3) is 0 Å². The van der Waals surface area contributed by atoms with E-state index in [4.69, 9.17) is 23.2 Å². The number of hydrogen-bond donors (Lipinski definition) is 1. The second kappa shape index (κ2) is 12.3. The molecule has 10 heteroatoms. The molecule has 0 radical (unpaired) electrons. The Balaban J connectivity index is 2.35. The highest BCUT2D eigenvalue weighted by atomic mass is 35.5. The van der Waals surface area contributed by atoms with Crippen molar-refractivity contribution in [1.29, 1.82) is 0 Å². The number of carbonyl (C=O) groups excluding carboxylic acids is 2. The molecule has 0 spiro atoms. The third-order valence-electron chi connectivity index (χ3n) is 5.05. The highest BCUT2D eigenvalue weighted by Gasteiger charge is 2.30. The third-order valence-corrected chi connectivity index (χ3v) is 6.71. The lowest BCUT2D eigenvalue weighted by Gasteiger charge is -2.31. The van der Waals surface area contributed by atoms with Gasteiger partial charge in [0.2, 0.25) is 21.8 Å². The summed E-state index contributed by atoms with van der Waals surface area (Å²) in [6.07, 6.45) is 2.74. The molecule has 2 aromatic rings. The molecule has 33 heavy (non-hydrogen) atoms. The van der Waals surface area contributed by atoms with Crippen molar-refractivity contribution in [3.63, 3.8) is 0 Å². The Morgan fingerprint density at radius 2 is 1.76 bits per heavy atom. The molecule has 1 unspecified atom stereocenters. The van der Waals surface area contributed by atoms with E-state index in [2.05, 4.69) is 5.32 Å². The summed E-state index contributed by atoms with van der Waals surface area (Å²) < 4.78 is 26.0. The Morgan fingerprint density at radius 1 is 1.09 bits per heavy atom. The SMILES string of the molecule is CCCCNC(=O)C(C)N(Cc1ccccc1)C(=O)CN(c1ccc(Cl)cc1Cl)S(C)(=O)=O. The van der Waals surface area contributed by atoms with Gasteiger partial charge in [0, 0.05) is 18.1 Å². The van der Waals surface area contributed by atoms with Crippen LogP contribution < -0.4 is 9.62 Å². The van der Waals surface area contributed by atoms with E-state index in [9.17, 15) is 18.0 Å².